The van der Waals surface area contributed by atoms with Gasteiger partial charge in [-0.1, -0.05) is 52.7 Å². The van der Waals surface area contributed by atoms with Crippen LogP contribution in [0.1, 0.15) is 23.6 Å². The third-order valence-electron chi connectivity index (χ3n) is 3.55. The maximum atomic E-state index is 11.5. The Hall–Kier alpha value is -1.52. The predicted octanol–water partition coefficient (Wildman–Crippen LogP) is 4.96. The van der Waals surface area contributed by atoms with Crippen molar-refractivity contribution in [2.75, 3.05) is 7.11 Å². The highest BCUT2D eigenvalue weighted by molar-refractivity contribution is 9.10. The van der Waals surface area contributed by atoms with Crippen molar-refractivity contribution in [3.05, 3.63) is 62.6 Å². The van der Waals surface area contributed by atoms with Crippen LogP contribution in [-0.2, 0) is 29.0 Å². The molecule has 0 saturated heterocycles. The summed E-state index contributed by atoms with van der Waals surface area (Å²) in [5.74, 6) is 0.346. The van der Waals surface area contributed by atoms with Crippen LogP contribution >= 0.6 is 27.5 Å². The molecule has 0 amide bonds. The van der Waals surface area contributed by atoms with E-state index in [1.807, 2.05) is 36.4 Å². The zero-order chi connectivity index (χ0) is 16.8. The van der Waals surface area contributed by atoms with E-state index in [-0.39, 0.29) is 12.4 Å². The van der Waals surface area contributed by atoms with Gasteiger partial charge in [-0.15, -0.1) is 0 Å². The summed E-state index contributed by atoms with van der Waals surface area (Å²) in [6.45, 7) is 2.39. The number of hydrogen-bond donors (Lipinski definition) is 0. The van der Waals surface area contributed by atoms with Crippen molar-refractivity contribution in [3.8, 4) is 5.75 Å². The normalized spacial score (nSPS) is 10.4. The fourth-order valence-electron chi connectivity index (χ4n) is 2.19. The Morgan fingerprint density at radius 2 is 2.04 bits per heavy atom. The van der Waals surface area contributed by atoms with Gasteiger partial charge < -0.3 is 9.47 Å². The Bertz CT molecular complexity index is 701. The Kier molecular flexibility index (Phi) is 6.48. The van der Waals surface area contributed by atoms with E-state index in [2.05, 4.69) is 22.9 Å². The van der Waals surface area contributed by atoms with Gasteiger partial charge in [0.25, 0.3) is 0 Å². The second-order valence-electron chi connectivity index (χ2n) is 5.04. The molecular formula is C18H18BrClO3. The number of methoxy groups -OCH3 is 1. The summed E-state index contributed by atoms with van der Waals surface area (Å²) in [5, 5.41) is 0.589. The highest BCUT2D eigenvalue weighted by atomic mass is 79.9. The van der Waals surface area contributed by atoms with Crippen LogP contribution in [0.3, 0.4) is 0 Å². The number of ether oxygens (including phenoxy) is 2. The molecule has 0 fully saturated rings. The van der Waals surface area contributed by atoms with Crippen LogP contribution in [0.4, 0.5) is 0 Å². The van der Waals surface area contributed by atoms with Gasteiger partial charge in [-0.3, -0.25) is 4.79 Å². The Morgan fingerprint density at radius 1 is 1.26 bits per heavy atom. The van der Waals surface area contributed by atoms with Crippen LogP contribution in [0, 0.1) is 0 Å². The van der Waals surface area contributed by atoms with Gasteiger partial charge in [0.1, 0.15) is 12.4 Å². The fourth-order valence-corrected chi connectivity index (χ4v) is 2.97. The molecule has 23 heavy (non-hydrogen) atoms. The van der Waals surface area contributed by atoms with Crippen molar-refractivity contribution < 1.29 is 14.3 Å². The number of hydrogen-bond acceptors (Lipinski definition) is 3. The average Bonchev–Trinajstić information content (AvgIpc) is 2.55. The summed E-state index contributed by atoms with van der Waals surface area (Å²) >= 11 is 9.76. The van der Waals surface area contributed by atoms with Crippen LogP contribution in [0.15, 0.2) is 40.9 Å². The molecule has 0 aliphatic rings. The molecule has 0 N–H and O–H groups in total. The number of aryl methyl sites for hydroxylation is 1. The summed E-state index contributed by atoms with van der Waals surface area (Å²) in [7, 11) is 1.38. The quantitative estimate of drug-likeness (QED) is 0.646. The van der Waals surface area contributed by atoms with Gasteiger partial charge in [0.15, 0.2) is 0 Å². The van der Waals surface area contributed by atoms with Crippen LogP contribution in [0.5, 0.6) is 5.75 Å². The van der Waals surface area contributed by atoms with Crippen LogP contribution in [0.2, 0.25) is 5.02 Å². The fraction of sp³-hybridized carbons (Fsp3) is 0.278. The van der Waals surface area contributed by atoms with Crippen molar-refractivity contribution in [1.29, 1.82) is 0 Å². The second-order valence-corrected chi connectivity index (χ2v) is 6.30. The van der Waals surface area contributed by atoms with Crippen LogP contribution in [-0.4, -0.2) is 13.1 Å². The standard InChI is InChI=1S/C18H18BrClO3/c1-3-12-7-8-17(16(20)9-12)23-11-14-13(10-18(21)22-2)5-4-6-15(14)19/h4-9H,3,10-11H2,1-2H3. The lowest BCUT2D eigenvalue weighted by Gasteiger charge is -2.14. The summed E-state index contributed by atoms with van der Waals surface area (Å²) in [6.07, 6.45) is 1.13. The first-order chi connectivity index (χ1) is 11.0. The van der Waals surface area contributed by atoms with E-state index in [4.69, 9.17) is 21.1 Å². The van der Waals surface area contributed by atoms with Crippen molar-refractivity contribution in [2.24, 2.45) is 0 Å². The Balaban J connectivity index is 2.18. The van der Waals surface area contributed by atoms with Crippen molar-refractivity contribution in [1.82, 2.24) is 0 Å². The molecule has 5 heteroatoms. The molecule has 2 aromatic rings. The van der Waals surface area contributed by atoms with Gasteiger partial charge in [0.05, 0.1) is 18.6 Å². The molecule has 0 unspecified atom stereocenters. The molecule has 3 nitrogen and oxygen atoms in total. The van der Waals surface area contributed by atoms with E-state index in [1.54, 1.807) is 0 Å². The van der Waals surface area contributed by atoms with Crippen LogP contribution < -0.4 is 4.74 Å². The topological polar surface area (TPSA) is 35.5 Å². The largest absolute Gasteiger partial charge is 0.487 e. The maximum absolute atomic E-state index is 11.5. The van der Waals surface area contributed by atoms with E-state index in [1.165, 1.54) is 7.11 Å². The van der Waals surface area contributed by atoms with E-state index < -0.39 is 0 Å². The number of benzene rings is 2. The first-order valence-corrected chi connectivity index (χ1v) is 8.46. The lowest BCUT2D eigenvalue weighted by molar-refractivity contribution is -0.139. The highest BCUT2D eigenvalue weighted by Gasteiger charge is 2.12. The van der Waals surface area contributed by atoms with Crippen LogP contribution in [0.25, 0.3) is 0 Å². The molecule has 0 aliphatic heterocycles. The number of halogens is 2. The second kappa shape index (κ2) is 8.37. The average molecular weight is 398 g/mol. The first-order valence-electron chi connectivity index (χ1n) is 7.29. The van der Waals surface area contributed by atoms with E-state index in [9.17, 15) is 4.79 Å². The SMILES string of the molecule is CCc1ccc(OCc2c(Br)cccc2CC(=O)OC)c(Cl)c1. The third kappa shape index (κ3) is 4.72. The van der Waals surface area contributed by atoms with E-state index >= 15 is 0 Å². The molecule has 2 aromatic carbocycles. The molecule has 0 atom stereocenters. The molecule has 0 saturated carbocycles. The monoisotopic (exact) mass is 396 g/mol. The number of carbonyl (C=O) groups excluding carboxylic acids is 1. The van der Waals surface area contributed by atoms with E-state index in [0.29, 0.717) is 17.4 Å². The summed E-state index contributed by atoms with van der Waals surface area (Å²) in [5.41, 5.74) is 2.94. The summed E-state index contributed by atoms with van der Waals surface area (Å²) in [4.78, 5) is 11.5. The molecule has 0 bridgehead atoms. The van der Waals surface area contributed by atoms with Crippen molar-refractivity contribution in [2.45, 2.75) is 26.4 Å². The highest BCUT2D eigenvalue weighted by Crippen LogP contribution is 2.28. The molecule has 122 valence electrons. The molecule has 0 spiro atoms. The lowest BCUT2D eigenvalue weighted by atomic mass is 10.1. The minimum Gasteiger partial charge on any atom is -0.487 e. The van der Waals surface area contributed by atoms with Gasteiger partial charge in [0, 0.05) is 10.0 Å². The zero-order valence-corrected chi connectivity index (χ0v) is 15.4. The molecule has 2 rings (SSSR count). The third-order valence-corrected chi connectivity index (χ3v) is 4.59. The zero-order valence-electron chi connectivity index (χ0n) is 13.1. The summed E-state index contributed by atoms with van der Waals surface area (Å²) in [6, 6.07) is 11.5. The van der Waals surface area contributed by atoms with Crippen molar-refractivity contribution in [3.63, 3.8) is 0 Å². The first kappa shape index (κ1) is 17.8. The predicted molar refractivity (Wildman–Crippen MR) is 95.0 cm³/mol. The molecular weight excluding hydrogens is 380 g/mol. The Morgan fingerprint density at radius 3 is 2.70 bits per heavy atom. The van der Waals surface area contributed by atoms with Gasteiger partial charge in [-0.25, -0.2) is 0 Å². The van der Waals surface area contributed by atoms with Gasteiger partial charge in [0.2, 0.25) is 0 Å². The Labute approximate surface area is 149 Å². The van der Waals surface area contributed by atoms with E-state index in [0.717, 1.165) is 27.6 Å². The minimum atomic E-state index is -0.283. The van der Waals surface area contributed by atoms with Gasteiger partial charge >= 0.3 is 5.97 Å². The minimum absolute atomic E-state index is 0.205. The molecule has 0 aromatic heterocycles. The number of rotatable bonds is 6. The van der Waals surface area contributed by atoms with Gasteiger partial charge in [-0.2, -0.15) is 0 Å². The summed E-state index contributed by atoms with van der Waals surface area (Å²) < 4.78 is 11.5. The lowest BCUT2D eigenvalue weighted by Crippen LogP contribution is -2.09. The molecule has 0 radical (unpaired) electrons. The van der Waals surface area contributed by atoms with Crippen molar-refractivity contribution >= 4 is 33.5 Å². The number of carbonyl (C=O) groups is 1. The number of esters is 1. The molecule has 0 heterocycles. The maximum Gasteiger partial charge on any atom is 0.309 e. The molecule has 0 aliphatic carbocycles. The van der Waals surface area contributed by atoms with Gasteiger partial charge in [-0.05, 0) is 35.7 Å². The smallest absolute Gasteiger partial charge is 0.309 e.